The van der Waals surface area contributed by atoms with Crippen molar-refractivity contribution in [3.8, 4) is 5.75 Å². The van der Waals surface area contributed by atoms with E-state index in [4.69, 9.17) is 16.3 Å². The molecule has 2 unspecified atom stereocenters. The van der Waals surface area contributed by atoms with Crippen molar-refractivity contribution < 1.29 is 4.74 Å². The van der Waals surface area contributed by atoms with Gasteiger partial charge in [0.05, 0.1) is 0 Å². The average Bonchev–Trinajstić information content (AvgIpc) is 2.75. The Kier molecular flexibility index (Phi) is 5.22. The number of hydrogen-bond acceptors (Lipinski definition) is 3. The standard InChI is InChI=1S/C14H20ClNOS/c1-3-18-9-10(2)16-8-13-7-11-6-12(15)4-5-14(11)17-13/h4-6,10,13,16H,3,7-9H2,1-2H3. The summed E-state index contributed by atoms with van der Waals surface area (Å²) < 4.78 is 5.89. The molecule has 0 radical (unpaired) electrons. The quantitative estimate of drug-likeness (QED) is 0.866. The molecule has 1 N–H and O–H groups in total. The van der Waals surface area contributed by atoms with Crippen LogP contribution < -0.4 is 10.1 Å². The Morgan fingerprint density at radius 1 is 1.56 bits per heavy atom. The van der Waals surface area contributed by atoms with E-state index in [2.05, 4.69) is 19.2 Å². The van der Waals surface area contributed by atoms with Gasteiger partial charge in [-0.1, -0.05) is 18.5 Å². The largest absolute Gasteiger partial charge is 0.488 e. The topological polar surface area (TPSA) is 21.3 Å². The summed E-state index contributed by atoms with van der Waals surface area (Å²) in [6.45, 7) is 5.32. The summed E-state index contributed by atoms with van der Waals surface area (Å²) >= 11 is 7.95. The highest BCUT2D eigenvalue weighted by Crippen LogP contribution is 2.30. The minimum atomic E-state index is 0.243. The predicted octanol–water partition coefficient (Wildman–Crippen LogP) is 3.37. The molecule has 0 bridgehead atoms. The summed E-state index contributed by atoms with van der Waals surface area (Å²) in [6.07, 6.45) is 1.20. The number of benzene rings is 1. The molecule has 1 aromatic rings. The van der Waals surface area contributed by atoms with E-state index < -0.39 is 0 Å². The molecule has 2 rings (SSSR count). The maximum absolute atomic E-state index is 5.98. The van der Waals surface area contributed by atoms with Gasteiger partial charge in [-0.15, -0.1) is 0 Å². The van der Waals surface area contributed by atoms with Crippen LogP contribution >= 0.6 is 23.4 Å². The second-order valence-corrected chi connectivity index (χ2v) is 6.42. The molecule has 1 aromatic carbocycles. The first-order chi connectivity index (χ1) is 8.69. The number of nitrogens with one attached hydrogen (secondary N) is 1. The first-order valence-electron chi connectivity index (χ1n) is 6.45. The Bertz CT molecular complexity index is 399. The second-order valence-electron chi connectivity index (χ2n) is 4.66. The van der Waals surface area contributed by atoms with Crippen LogP contribution in [0, 0.1) is 0 Å². The van der Waals surface area contributed by atoms with Gasteiger partial charge in [-0.05, 0) is 36.4 Å². The molecular weight excluding hydrogens is 266 g/mol. The molecule has 0 aliphatic carbocycles. The zero-order valence-electron chi connectivity index (χ0n) is 10.9. The van der Waals surface area contributed by atoms with Crippen LogP contribution in [0.2, 0.25) is 5.02 Å². The van der Waals surface area contributed by atoms with Gasteiger partial charge >= 0.3 is 0 Å². The Morgan fingerprint density at radius 2 is 2.39 bits per heavy atom. The van der Waals surface area contributed by atoms with E-state index >= 15 is 0 Å². The van der Waals surface area contributed by atoms with Crippen molar-refractivity contribution in [2.75, 3.05) is 18.1 Å². The Balaban J connectivity index is 1.77. The third-order valence-corrected chi connectivity index (χ3v) is 4.41. The smallest absolute Gasteiger partial charge is 0.123 e. The van der Waals surface area contributed by atoms with Gasteiger partial charge in [-0.2, -0.15) is 11.8 Å². The van der Waals surface area contributed by atoms with Gasteiger partial charge in [0.15, 0.2) is 0 Å². The molecule has 4 heteroatoms. The van der Waals surface area contributed by atoms with Gasteiger partial charge in [0, 0.05) is 29.8 Å². The van der Waals surface area contributed by atoms with E-state index in [1.54, 1.807) is 0 Å². The van der Waals surface area contributed by atoms with E-state index in [-0.39, 0.29) is 6.10 Å². The Labute approximate surface area is 118 Å². The predicted molar refractivity (Wildman–Crippen MR) is 80.0 cm³/mol. The summed E-state index contributed by atoms with van der Waals surface area (Å²) in [5.41, 5.74) is 1.23. The minimum Gasteiger partial charge on any atom is -0.488 e. The monoisotopic (exact) mass is 285 g/mol. The zero-order valence-corrected chi connectivity index (χ0v) is 12.5. The first kappa shape index (κ1) is 14.0. The molecule has 2 atom stereocenters. The summed E-state index contributed by atoms with van der Waals surface area (Å²) in [4.78, 5) is 0. The van der Waals surface area contributed by atoms with E-state index in [0.29, 0.717) is 6.04 Å². The minimum absolute atomic E-state index is 0.243. The van der Waals surface area contributed by atoms with Gasteiger partial charge in [0.2, 0.25) is 0 Å². The molecule has 0 aromatic heterocycles. The fraction of sp³-hybridized carbons (Fsp3) is 0.571. The number of ether oxygens (including phenoxy) is 1. The molecule has 0 spiro atoms. The Hall–Kier alpha value is -0.380. The molecule has 0 amide bonds. The lowest BCUT2D eigenvalue weighted by molar-refractivity contribution is 0.224. The summed E-state index contributed by atoms with van der Waals surface area (Å²) in [6, 6.07) is 6.39. The number of thioether (sulfide) groups is 1. The van der Waals surface area contributed by atoms with E-state index in [0.717, 1.165) is 29.5 Å². The van der Waals surface area contributed by atoms with Crippen LogP contribution in [-0.4, -0.2) is 30.2 Å². The van der Waals surface area contributed by atoms with Crippen molar-refractivity contribution in [2.24, 2.45) is 0 Å². The normalized spacial score (nSPS) is 19.4. The Morgan fingerprint density at radius 3 is 3.17 bits per heavy atom. The number of fused-ring (bicyclic) bond motifs is 1. The molecule has 0 fully saturated rings. The highest BCUT2D eigenvalue weighted by Gasteiger charge is 2.23. The van der Waals surface area contributed by atoms with Crippen LogP contribution in [0.4, 0.5) is 0 Å². The number of hydrogen-bond donors (Lipinski definition) is 1. The van der Waals surface area contributed by atoms with E-state index in [9.17, 15) is 0 Å². The number of halogens is 1. The number of rotatable bonds is 6. The highest BCUT2D eigenvalue weighted by atomic mass is 35.5. The average molecular weight is 286 g/mol. The molecule has 100 valence electrons. The maximum atomic E-state index is 5.98. The van der Waals surface area contributed by atoms with Crippen molar-refractivity contribution in [1.29, 1.82) is 0 Å². The van der Waals surface area contributed by atoms with Gasteiger partial charge in [0.1, 0.15) is 11.9 Å². The van der Waals surface area contributed by atoms with Crippen LogP contribution in [0.5, 0.6) is 5.75 Å². The zero-order chi connectivity index (χ0) is 13.0. The van der Waals surface area contributed by atoms with Gasteiger partial charge < -0.3 is 10.1 Å². The van der Waals surface area contributed by atoms with Crippen LogP contribution in [0.15, 0.2) is 18.2 Å². The SMILES string of the molecule is CCSCC(C)NCC1Cc2cc(Cl)ccc2O1. The van der Waals surface area contributed by atoms with Crippen molar-refractivity contribution >= 4 is 23.4 Å². The molecule has 2 nitrogen and oxygen atoms in total. The third-order valence-electron chi connectivity index (χ3n) is 3.03. The van der Waals surface area contributed by atoms with Crippen LogP contribution in [0.25, 0.3) is 0 Å². The molecule has 0 saturated heterocycles. The first-order valence-corrected chi connectivity index (χ1v) is 7.98. The molecule has 1 aliphatic rings. The van der Waals surface area contributed by atoms with Crippen LogP contribution in [0.1, 0.15) is 19.4 Å². The van der Waals surface area contributed by atoms with Crippen molar-refractivity contribution in [3.05, 3.63) is 28.8 Å². The van der Waals surface area contributed by atoms with Crippen molar-refractivity contribution in [2.45, 2.75) is 32.4 Å². The third kappa shape index (κ3) is 3.81. The lowest BCUT2D eigenvalue weighted by atomic mass is 10.1. The maximum Gasteiger partial charge on any atom is 0.123 e. The molecule has 1 aliphatic heterocycles. The molecular formula is C14H20ClNOS. The summed E-state index contributed by atoms with van der Waals surface area (Å²) in [5, 5.41) is 4.32. The molecule has 18 heavy (non-hydrogen) atoms. The van der Waals surface area contributed by atoms with Gasteiger partial charge in [-0.25, -0.2) is 0 Å². The van der Waals surface area contributed by atoms with E-state index in [1.165, 1.54) is 11.3 Å². The van der Waals surface area contributed by atoms with E-state index in [1.807, 2.05) is 30.0 Å². The van der Waals surface area contributed by atoms with Crippen molar-refractivity contribution in [3.63, 3.8) is 0 Å². The van der Waals surface area contributed by atoms with Gasteiger partial charge in [-0.3, -0.25) is 0 Å². The highest BCUT2D eigenvalue weighted by molar-refractivity contribution is 7.99. The second kappa shape index (κ2) is 6.69. The van der Waals surface area contributed by atoms with Gasteiger partial charge in [0.25, 0.3) is 0 Å². The fourth-order valence-corrected chi connectivity index (χ4v) is 2.99. The lowest BCUT2D eigenvalue weighted by Crippen LogP contribution is -2.37. The molecule has 0 saturated carbocycles. The molecule has 1 heterocycles. The lowest BCUT2D eigenvalue weighted by Gasteiger charge is -2.16. The summed E-state index contributed by atoms with van der Waals surface area (Å²) in [7, 11) is 0. The van der Waals surface area contributed by atoms with Crippen LogP contribution in [0.3, 0.4) is 0 Å². The summed E-state index contributed by atoms with van der Waals surface area (Å²) in [5.74, 6) is 3.32. The van der Waals surface area contributed by atoms with Crippen LogP contribution in [-0.2, 0) is 6.42 Å². The van der Waals surface area contributed by atoms with Crippen molar-refractivity contribution in [1.82, 2.24) is 5.32 Å². The fourth-order valence-electron chi connectivity index (χ4n) is 2.09.